The molecule has 54 heteroatoms. The average Bonchev–Trinajstić information content (AvgIpc) is 0.944. The van der Waals surface area contributed by atoms with Crippen molar-refractivity contribution in [2.24, 2.45) is 17.3 Å². The van der Waals surface area contributed by atoms with Gasteiger partial charge in [0.05, 0.1) is 59.0 Å². The maximum Gasteiger partial charge on any atom is 1.00 e. The van der Waals surface area contributed by atoms with Crippen molar-refractivity contribution in [3.05, 3.63) is 0 Å². The van der Waals surface area contributed by atoms with Crippen LogP contribution in [0.3, 0.4) is 0 Å². The van der Waals surface area contributed by atoms with Gasteiger partial charge in [0, 0.05) is 62.3 Å². The van der Waals surface area contributed by atoms with Crippen molar-refractivity contribution < 1.29 is 339 Å². The molecule has 0 rings (SSSR count). The van der Waals surface area contributed by atoms with E-state index in [-0.39, 0.29) is 240 Å². The largest absolute Gasteiger partial charge is 1.00 e. The van der Waals surface area contributed by atoms with Crippen LogP contribution in [0, 0.1) is 17.3 Å². The summed E-state index contributed by atoms with van der Waals surface area (Å²) in [5.74, 6) is 0.336. The molecule has 0 heterocycles. The van der Waals surface area contributed by atoms with Gasteiger partial charge in [-0.1, -0.05) is 199 Å². The van der Waals surface area contributed by atoms with Gasteiger partial charge < -0.3 is 126 Å². The molecular weight excluding hydrogens is 1730 g/mol. The zero-order chi connectivity index (χ0) is 90.9. The molecule has 0 aliphatic rings. The number of unbranched alkanes of at least 4 members (excludes halogenated alkanes) is 16. The molecule has 0 saturated carbocycles. The first-order valence-electron chi connectivity index (χ1n) is 37.6. The molecule has 0 aliphatic carbocycles. The number of rotatable bonds is 53. The van der Waals surface area contributed by atoms with Gasteiger partial charge >= 0.3 is 170 Å². The van der Waals surface area contributed by atoms with Crippen molar-refractivity contribution in [2.75, 3.05) is 52.9 Å². The van der Waals surface area contributed by atoms with Gasteiger partial charge in [-0.25, -0.2) is 0 Å². The van der Waals surface area contributed by atoms with E-state index in [9.17, 15) is 128 Å². The van der Waals surface area contributed by atoms with Crippen molar-refractivity contribution in [2.45, 2.75) is 319 Å². The molecule has 0 aromatic rings. The van der Waals surface area contributed by atoms with Crippen LogP contribution in [0.4, 0.5) is 0 Å². The Hall–Kier alpha value is 3.76. The third-order valence-electron chi connectivity index (χ3n) is 13.4. The van der Waals surface area contributed by atoms with Crippen LogP contribution < -0.4 is 214 Å². The first-order valence-corrected chi connectivity index (χ1v) is 51.5. The van der Waals surface area contributed by atoms with E-state index in [2.05, 4.69) is 63.9 Å². The van der Waals surface area contributed by atoms with Crippen LogP contribution in [-0.4, -0.2) is 109 Å². The van der Waals surface area contributed by atoms with Crippen molar-refractivity contribution in [3.63, 3.8) is 0 Å². The Kier molecular flexibility index (Phi) is 133. The maximum absolute atomic E-state index is 11.1. The van der Waals surface area contributed by atoms with E-state index < -0.39 is 124 Å². The Morgan fingerprint density at radius 1 is 0.262 bits per heavy atom. The van der Waals surface area contributed by atoms with Crippen LogP contribution in [0.1, 0.15) is 313 Å². The van der Waals surface area contributed by atoms with E-state index in [1.807, 2.05) is 41.5 Å². The Bertz CT molecular complexity index is 3140. The van der Waals surface area contributed by atoms with Crippen LogP contribution in [-0.2, 0) is 125 Å². The summed E-state index contributed by atoms with van der Waals surface area (Å²) in [6.45, 7) is 36.3. The summed E-state index contributed by atoms with van der Waals surface area (Å²) in [7, 11) is -37.9. The van der Waals surface area contributed by atoms with Gasteiger partial charge in [-0.3, -0.25) is 43.2 Å². The molecule has 678 valence electrons. The molecule has 0 spiro atoms. The SMILES string of the molecule is CC(=O)P(=O)([O-])OC(C)C.CC(=O)P(=O)([O-])OCC(C)(C)C.CC(=O)P(=O)([O-])OCC(C)C.CCCCC(CC)COP(=O)([O-])C(C)=O.CCCCCCCCOP(=O)([O-])C(C)=O.CCCCCCCOP(=O)([O-])C(C)=O.CCCCCCOP(=O)([O-])C(C)=O.CCCCCOP(=O)([O-])C(C)=O.CCCCOP(=O)([O-])C(C)=O.[Li+].[Li+].[Li+].[Li+].[Li+].[Li+].[Li+].[Li+].[Li+]. The monoisotopic (exact) mass is 1870 g/mol. The Morgan fingerprint density at radius 3 is 0.656 bits per heavy atom. The second-order valence-corrected chi connectivity index (χ2v) is 43.9. The summed E-state index contributed by atoms with van der Waals surface area (Å²) in [5, 5.41) is 0. The fraction of sp³-hybridized carbons (Fsp3) is 0.868. The van der Waals surface area contributed by atoms with Gasteiger partial charge in [0.15, 0.2) is 60.8 Å². The zero-order valence-corrected chi connectivity index (χ0v) is 88.1. The molecule has 0 fully saturated rings. The van der Waals surface area contributed by atoms with Crippen LogP contribution in [0.25, 0.3) is 0 Å². The minimum Gasteiger partial charge on any atom is -0.773 e. The molecule has 122 heavy (non-hydrogen) atoms. The molecule has 0 aromatic heterocycles. The summed E-state index contributed by atoms with van der Waals surface area (Å²) in [5.41, 5.74) is -8.43. The minimum atomic E-state index is -4.25. The van der Waals surface area contributed by atoms with Gasteiger partial charge in [0.2, 0.25) is 57.3 Å². The number of hydrogen-bond donors (Lipinski definition) is 0. The van der Waals surface area contributed by atoms with Crippen LogP contribution in [0.2, 0.25) is 0 Å². The molecule has 10 atom stereocenters. The van der Waals surface area contributed by atoms with Crippen molar-refractivity contribution in [3.8, 4) is 0 Å². The van der Waals surface area contributed by atoms with Crippen molar-refractivity contribution in [1.29, 1.82) is 0 Å². The topological polar surface area (TPSA) is 598 Å². The second-order valence-electron chi connectivity index (χ2n) is 27.0. The number of carbonyl (C=O) groups excluding carboxylic acids is 9. The summed E-state index contributed by atoms with van der Waals surface area (Å²) >= 11 is 0. The van der Waals surface area contributed by atoms with Gasteiger partial charge in [0.1, 0.15) is 0 Å². The quantitative estimate of drug-likeness (QED) is 0.0310. The standard InChI is InChI=1S/2C10H21O4P.C9H19O4P.C8H17O4P.2C7H15O4P.2C6H13O4P.C5H11O4P.9Li/c1-4-6-7-10(5-2)8-14-15(12,13)9(3)11;1-3-4-5-6-7-8-9-14-15(12,13)10(2)11;1-3-4-5-6-7-8-13-14(11,12)9(2)10;1-3-4-5-6-7-12-13(10,11)8(2)9;1-6(8)12(9,10)11-5-7(2,3)4;1-3-4-5-6-11-12(9,10)7(2)8;1-5(2)4-10-11(8,9)6(3)7;1-3-4-5-10-11(8,9)6(2)7;1-4(2)9-10(7,8)5(3)6;;;;;;;;;/h10H,4-8H2,1-3H3,(H,12,13);3-9H2,1-2H3,(H,12,13);3-8H2,1-2H3,(H,11,12);3-7H2,1-2H3,(H,10,11);5H2,1-4H3,(H,9,10);3-6H2,1-2H3,(H,9,10);5H,4H2,1-3H3,(H,8,9);3-5H2,1-2H3,(H,8,9);4H,1-3H3,(H,7,8);;;;;;;;;/q;;;;;;;;;9*+1/p-9. The number of carbonyl (C=O) groups is 9. The second kappa shape index (κ2) is 96.4. The normalized spacial score (nSPS) is 14.8. The van der Waals surface area contributed by atoms with Gasteiger partial charge in [-0.15, -0.1) is 0 Å². The number of hydrogen-bond acceptors (Lipinski definition) is 36. The summed E-state index contributed by atoms with van der Waals surface area (Å²) in [6.07, 6.45) is 22.7. The average molecular weight is 1870 g/mol. The molecule has 0 N–H and O–H groups in total. The first kappa shape index (κ1) is 169. The molecule has 36 nitrogen and oxygen atoms in total. The van der Waals surface area contributed by atoms with Gasteiger partial charge in [-0.05, 0) is 69.6 Å². The Morgan fingerprint density at radius 2 is 0.451 bits per heavy atom. The predicted molar refractivity (Wildman–Crippen MR) is 417 cm³/mol. The van der Waals surface area contributed by atoms with Crippen molar-refractivity contribution in [1.82, 2.24) is 0 Å². The van der Waals surface area contributed by atoms with E-state index >= 15 is 0 Å². The fourth-order valence-electron chi connectivity index (χ4n) is 6.24. The van der Waals surface area contributed by atoms with E-state index in [0.29, 0.717) is 32.1 Å². The molecule has 0 aliphatic heterocycles. The molecule has 0 bridgehead atoms. The summed E-state index contributed by atoms with van der Waals surface area (Å²) < 4.78 is 138. The molecule has 0 radical (unpaired) electrons. The summed E-state index contributed by atoms with van der Waals surface area (Å²) in [6, 6.07) is 0. The third-order valence-corrected chi connectivity index (χ3v) is 25.1. The molecular formula is C68H136Li9O36P9. The van der Waals surface area contributed by atoms with Crippen molar-refractivity contribution >= 4 is 118 Å². The smallest absolute Gasteiger partial charge is 0.773 e. The fourth-order valence-corrected chi connectivity index (χ4v) is 11.7. The van der Waals surface area contributed by atoms with E-state index in [4.69, 9.17) is 4.52 Å². The molecule has 0 saturated heterocycles. The van der Waals surface area contributed by atoms with E-state index in [1.54, 1.807) is 27.7 Å². The summed E-state index contributed by atoms with van der Waals surface area (Å²) in [4.78, 5) is 191. The van der Waals surface area contributed by atoms with E-state index in [1.165, 1.54) is 19.3 Å². The molecule has 0 aromatic carbocycles. The Labute approximate surface area is 838 Å². The van der Waals surface area contributed by atoms with Crippen LogP contribution in [0.5, 0.6) is 0 Å². The maximum atomic E-state index is 11.1. The first-order chi connectivity index (χ1) is 51.3. The van der Waals surface area contributed by atoms with Crippen LogP contribution >= 0.6 is 68.4 Å². The van der Waals surface area contributed by atoms with Gasteiger partial charge in [-0.2, -0.15) is 0 Å². The Balaban J connectivity index is -0.0000000619. The predicted octanol–water partition coefficient (Wildman–Crippen LogP) is -13.8. The van der Waals surface area contributed by atoms with Crippen LogP contribution in [0.15, 0.2) is 0 Å². The third kappa shape index (κ3) is 114. The van der Waals surface area contributed by atoms with E-state index in [0.717, 1.165) is 165 Å². The van der Waals surface area contributed by atoms with Gasteiger partial charge in [0.25, 0.3) is 0 Å². The minimum absolute atomic E-state index is 0. The molecule has 0 amide bonds. The molecule has 10 unspecified atom stereocenters. The zero-order valence-electron chi connectivity index (χ0n) is 80.1.